The molecule has 0 radical (unpaired) electrons. The Morgan fingerprint density at radius 2 is 2.00 bits per heavy atom. The van der Waals surface area contributed by atoms with E-state index in [1.807, 2.05) is 43.3 Å². The Balaban J connectivity index is 2.26. The van der Waals surface area contributed by atoms with Gasteiger partial charge in [-0.2, -0.15) is 0 Å². The lowest BCUT2D eigenvalue weighted by atomic mass is 10.0. The molecular weight excluding hydrogens is 224 g/mol. The number of pyridine rings is 1. The van der Waals surface area contributed by atoms with Crippen LogP contribution in [0.25, 0.3) is 0 Å². The van der Waals surface area contributed by atoms with Crippen LogP contribution in [0.1, 0.15) is 30.6 Å². The number of ether oxygens (including phenoxy) is 1. The zero-order valence-corrected chi connectivity index (χ0v) is 10.8. The van der Waals surface area contributed by atoms with Crippen LogP contribution < -0.4 is 10.5 Å². The molecule has 2 aromatic rings. The summed E-state index contributed by atoms with van der Waals surface area (Å²) >= 11 is 0. The first-order valence-corrected chi connectivity index (χ1v) is 6.15. The first-order valence-electron chi connectivity index (χ1n) is 6.15. The van der Waals surface area contributed by atoms with Gasteiger partial charge in [-0.3, -0.25) is 4.98 Å². The maximum absolute atomic E-state index is 6.08. The maximum atomic E-state index is 6.08. The van der Waals surface area contributed by atoms with Crippen molar-refractivity contribution in [2.24, 2.45) is 5.73 Å². The molecule has 2 N–H and O–H groups in total. The van der Waals surface area contributed by atoms with Crippen molar-refractivity contribution in [3.63, 3.8) is 0 Å². The number of hydrogen-bond donors (Lipinski definition) is 1. The van der Waals surface area contributed by atoms with Crippen LogP contribution in [0.5, 0.6) is 11.5 Å². The second kappa shape index (κ2) is 5.65. The molecule has 0 aliphatic heterocycles. The molecule has 0 saturated carbocycles. The van der Waals surface area contributed by atoms with Crippen molar-refractivity contribution < 1.29 is 4.74 Å². The molecule has 1 aromatic heterocycles. The van der Waals surface area contributed by atoms with Gasteiger partial charge in [0.2, 0.25) is 0 Å². The molecule has 2 rings (SSSR count). The summed E-state index contributed by atoms with van der Waals surface area (Å²) < 4.78 is 5.84. The summed E-state index contributed by atoms with van der Waals surface area (Å²) in [5.41, 5.74) is 8.08. The predicted molar refractivity (Wildman–Crippen MR) is 72.7 cm³/mol. The molecule has 0 aliphatic rings. The summed E-state index contributed by atoms with van der Waals surface area (Å²) in [6.07, 6.45) is 2.61. The summed E-state index contributed by atoms with van der Waals surface area (Å²) in [5, 5.41) is 0. The molecule has 0 amide bonds. The molecule has 0 aliphatic carbocycles. The molecule has 0 saturated heterocycles. The van der Waals surface area contributed by atoms with E-state index in [0.29, 0.717) is 0 Å². The summed E-state index contributed by atoms with van der Waals surface area (Å²) in [4.78, 5) is 4.21. The van der Waals surface area contributed by atoms with Gasteiger partial charge in [-0.25, -0.2) is 0 Å². The van der Waals surface area contributed by atoms with Gasteiger partial charge >= 0.3 is 0 Å². The normalized spacial score (nSPS) is 12.2. The number of aromatic nitrogens is 1. The highest BCUT2D eigenvalue weighted by atomic mass is 16.5. The third-order valence-corrected chi connectivity index (χ3v) is 2.87. The molecule has 3 heteroatoms. The fourth-order valence-electron chi connectivity index (χ4n) is 1.74. The maximum Gasteiger partial charge on any atom is 0.145 e. The van der Waals surface area contributed by atoms with Crippen LogP contribution in [-0.2, 0) is 0 Å². The minimum atomic E-state index is -0.000363. The molecule has 94 valence electrons. The van der Waals surface area contributed by atoms with E-state index in [1.54, 1.807) is 6.20 Å². The van der Waals surface area contributed by atoms with Crippen molar-refractivity contribution in [3.8, 4) is 11.5 Å². The zero-order valence-electron chi connectivity index (χ0n) is 10.8. The summed E-state index contributed by atoms with van der Waals surface area (Å²) in [7, 11) is 0. The van der Waals surface area contributed by atoms with E-state index in [9.17, 15) is 0 Å². The Morgan fingerprint density at radius 3 is 2.67 bits per heavy atom. The molecule has 0 bridgehead atoms. The second-order valence-corrected chi connectivity index (χ2v) is 4.29. The van der Waals surface area contributed by atoms with Gasteiger partial charge in [-0.15, -0.1) is 0 Å². The van der Waals surface area contributed by atoms with E-state index in [2.05, 4.69) is 11.9 Å². The van der Waals surface area contributed by atoms with Crippen LogP contribution in [0.2, 0.25) is 0 Å². The second-order valence-electron chi connectivity index (χ2n) is 4.29. The minimum absolute atomic E-state index is 0.000363. The number of rotatable bonds is 4. The highest BCUT2D eigenvalue weighted by Crippen LogP contribution is 2.29. The summed E-state index contributed by atoms with van der Waals surface area (Å²) in [6.45, 7) is 4.01. The van der Waals surface area contributed by atoms with Crippen LogP contribution >= 0.6 is 0 Å². The summed E-state index contributed by atoms with van der Waals surface area (Å²) in [5.74, 6) is 1.54. The Labute approximate surface area is 108 Å². The molecular formula is C15H18N2O. The van der Waals surface area contributed by atoms with Crippen molar-refractivity contribution in [2.45, 2.75) is 26.3 Å². The molecule has 3 nitrogen and oxygen atoms in total. The fraction of sp³-hybridized carbons (Fsp3) is 0.267. The summed E-state index contributed by atoms with van der Waals surface area (Å²) in [6, 6.07) is 11.7. The van der Waals surface area contributed by atoms with Gasteiger partial charge < -0.3 is 10.5 Å². The van der Waals surface area contributed by atoms with Crippen LogP contribution in [0.4, 0.5) is 0 Å². The van der Waals surface area contributed by atoms with E-state index in [4.69, 9.17) is 10.5 Å². The first-order chi connectivity index (χ1) is 8.70. The van der Waals surface area contributed by atoms with Gasteiger partial charge in [0.15, 0.2) is 0 Å². The monoisotopic (exact) mass is 242 g/mol. The average molecular weight is 242 g/mol. The van der Waals surface area contributed by atoms with E-state index in [0.717, 1.165) is 29.2 Å². The Bertz CT molecular complexity index is 508. The quantitative estimate of drug-likeness (QED) is 0.891. The lowest BCUT2D eigenvalue weighted by Gasteiger charge is -2.15. The molecule has 1 atom stereocenters. The van der Waals surface area contributed by atoms with Crippen molar-refractivity contribution in [2.75, 3.05) is 0 Å². The average Bonchev–Trinajstić information content (AvgIpc) is 2.41. The van der Waals surface area contributed by atoms with Crippen LogP contribution in [-0.4, -0.2) is 4.98 Å². The molecule has 1 aromatic carbocycles. The van der Waals surface area contributed by atoms with E-state index in [1.165, 1.54) is 0 Å². The van der Waals surface area contributed by atoms with Crippen LogP contribution in [0.15, 0.2) is 42.6 Å². The van der Waals surface area contributed by atoms with E-state index >= 15 is 0 Å². The highest BCUT2D eigenvalue weighted by Gasteiger charge is 2.10. The van der Waals surface area contributed by atoms with Gasteiger partial charge in [0, 0.05) is 17.3 Å². The first kappa shape index (κ1) is 12.6. The number of aryl methyl sites for hydroxylation is 1. The van der Waals surface area contributed by atoms with Crippen molar-refractivity contribution in [3.05, 3.63) is 53.9 Å². The van der Waals surface area contributed by atoms with Gasteiger partial charge in [0.1, 0.15) is 11.5 Å². The van der Waals surface area contributed by atoms with Gasteiger partial charge in [-0.05, 0) is 31.5 Å². The zero-order chi connectivity index (χ0) is 13.0. The Kier molecular flexibility index (Phi) is 3.95. The van der Waals surface area contributed by atoms with Crippen molar-refractivity contribution in [1.29, 1.82) is 0 Å². The SMILES string of the molecule is CC[C@@H](N)c1ccccc1Oc1ccc(C)nc1. The smallest absolute Gasteiger partial charge is 0.145 e. The molecule has 0 unspecified atom stereocenters. The molecule has 1 heterocycles. The van der Waals surface area contributed by atoms with Crippen LogP contribution in [0, 0.1) is 6.92 Å². The lowest BCUT2D eigenvalue weighted by molar-refractivity contribution is 0.466. The number of nitrogens with two attached hydrogens (primary N) is 1. The molecule has 0 spiro atoms. The predicted octanol–water partition coefficient (Wildman–Crippen LogP) is 3.59. The van der Waals surface area contributed by atoms with E-state index < -0.39 is 0 Å². The lowest BCUT2D eigenvalue weighted by Crippen LogP contribution is -2.09. The Hall–Kier alpha value is -1.87. The minimum Gasteiger partial charge on any atom is -0.455 e. The standard InChI is InChI=1S/C15H18N2O/c1-3-14(16)13-6-4-5-7-15(13)18-12-9-8-11(2)17-10-12/h4-10,14H,3,16H2,1-2H3/t14-/m1/s1. The fourth-order valence-corrected chi connectivity index (χ4v) is 1.74. The largest absolute Gasteiger partial charge is 0.455 e. The third-order valence-electron chi connectivity index (χ3n) is 2.87. The van der Waals surface area contributed by atoms with Gasteiger partial charge in [0.05, 0.1) is 6.20 Å². The Morgan fingerprint density at radius 1 is 1.22 bits per heavy atom. The number of benzene rings is 1. The highest BCUT2D eigenvalue weighted by molar-refractivity contribution is 5.39. The topological polar surface area (TPSA) is 48.1 Å². The van der Waals surface area contributed by atoms with Crippen molar-refractivity contribution in [1.82, 2.24) is 4.98 Å². The third kappa shape index (κ3) is 2.87. The molecule has 0 fully saturated rings. The van der Waals surface area contributed by atoms with Crippen molar-refractivity contribution >= 4 is 0 Å². The van der Waals surface area contributed by atoms with Gasteiger partial charge in [0.25, 0.3) is 0 Å². The number of nitrogens with zero attached hydrogens (tertiary/aromatic N) is 1. The molecule has 18 heavy (non-hydrogen) atoms. The van der Waals surface area contributed by atoms with Gasteiger partial charge in [-0.1, -0.05) is 25.1 Å². The number of hydrogen-bond acceptors (Lipinski definition) is 3. The number of para-hydroxylation sites is 1. The van der Waals surface area contributed by atoms with Crippen LogP contribution in [0.3, 0.4) is 0 Å². The van der Waals surface area contributed by atoms with E-state index in [-0.39, 0.29) is 6.04 Å².